The number of nitrogens with two attached hydrogens (primary N) is 1. The second-order valence-corrected chi connectivity index (χ2v) is 25.4. The molecule has 6 rings (SSSR count). The third-order valence-electron chi connectivity index (χ3n) is 16.5. The van der Waals surface area contributed by atoms with Gasteiger partial charge in [-0.2, -0.15) is 11.8 Å². The summed E-state index contributed by atoms with van der Waals surface area (Å²) in [5.41, 5.74) is 6.67. The number of nitrogens with one attached hydrogen (secondary N) is 7. The highest BCUT2D eigenvalue weighted by molar-refractivity contribution is 7.99. The third kappa shape index (κ3) is 17.6. The molecule has 2 bridgehead atoms. The molecule has 1 aromatic heterocycles. The van der Waals surface area contributed by atoms with Crippen LogP contribution in [0.15, 0.2) is 17.2 Å². The summed E-state index contributed by atoms with van der Waals surface area (Å²) >= 11 is 1.53. The van der Waals surface area contributed by atoms with Gasteiger partial charge in [0.25, 0.3) is 0 Å². The van der Waals surface area contributed by atoms with Crippen LogP contribution in [0, 0.1) is 29.6 Å². The molecule has 12 atom stereocenters. The number of carboxylic acids is 1. The number of piperidine rings is 1. The number of thioether (sulfide) groups is 1. The minimum Gasteiger partial charge on any atom is -0.496 e. The lowest BCUT2D eigenvalue weighted by atomic mass is 9.85. The first-order valence-electron chi connectivity index (χ1n) is 28.8. The Morgan fingerprint density at radius 1 is 0.919 bits per heavy atom. The van der Waals surface area contributed by atoms with Crippen molar-refractivity contribution in [1.82, 2.24) is 46.7 Å². The van der Waals surface area contributed by atoms with E-state index in [1.165, 1.54) is 32.7 Å². The summed E-state index contributed by atoms with van der Waals surface area (Å²) in [5, 5.41) is 56.6. The van der Waals surface area contributed by atoms with Crippen molar-refractivity contribution in [3.05, 3.63) is 23.3 Å². The number of aliphatic hydroxyl groups is 3. The number of ketones is 2. The molecule has 0 aliphatic carbocycles. The zero-order valence-corrected chi connectivity index (χ0v) is 50.4. The van der Waals surface area contributed by atoms with Crippen molar-refractivity contribution in [2.45, 2.75) is 144 Å². The summed E-state index contributed by atoms with van der Waals surface area (Å²) in [5.74, 6) is -15.5. The fourth-order valence-electron chi connectivity index (χ4n) is 11.1. The minimum absolute atomic E-state index is 0.00634. The van der Waals surface area contributed by atoms with Gasteiger partial charge < -0.3 is 77.6 Å². The van der Waals surface area contributed by atoms with Crippen LogP contribution in [-0.2, 0) is 80.5 Å². The average molecular weight is 1250 g/mol. The molecule has 474 valence electrons. The molecule has 0 radical (unpaired) electrons. The molecule has 86 heavy (non-hydrogen) atoms. The quantitative estimate of drug-likeness (QED) is 0.0773. The van der Waals surface area contributed by atoms with Crippen molar-refractivity contribution in [3.8, 4) is 5.75 Å². The number of carbonyl (C=O) groups excluding carboxylic acids is 11. The molecule has 2 fully saturated rings. The van der Waals surface area contributed by atoms with E-state index in [1.807, 2.05) is 0 Å². The van der Waals surface area contributed by atoms with Crippen molar-refractivity contribution < 1.29 is 86.9 Å². The number of hydrogen-bond acceptors (Lipinski definition) is 18. The standard InChI is InChI=1S/C56H80N10O18S2/c1-6-27(2)35-18-31(68)21-59-50(76)30-16-36-34-7-8-43(84-5)37(25-85-33-10-13-65(14-11-33)47(75)9-12-58-45(73)15-28(3)56(81)82)49(34)64-54(36)86(83)26-39(61-46(74)22-60-51(35)77)52(78)62-38(20-44(57)72)55(80)66-23-32(69)19-40(66)53(79)63-48(41(70)17-30)29(4)42(71)24-67/h7-8,27-30,32-33,35,38-40,42,48,64,67,69,71H,6,9-26H2,1-5H3,(H2,57,72)(H,58,73)(H,59,76)(H,60,77)(H,61,74)(H,62,78)(H,63,79)(H,81,82)/t27-,28?,29-,30+,32+,35-,38-,39-,40-,42-,48-,86?/m0/s1. The summed E-state index contributed by atoms with van der Waals surface area (Å²) in [7, 11) is -0.996. The second kappa shape index (κ2) is 31.1. The number of aromatic nitrogens is 1. The molecule has 2 aromatic rings. The van der Waals surface area contributed by atoms with E-state index in [1.54, 1.807) is 30.9 Å². The number of carbonyl (C=O) groups is 12. The molecule has 4 aliphatic heterocycles. The van der Waals surface area contributed by atoms with Crippen LogP contribution in [0.3, 0.4) is 0 Å². The first-order chi connectivity index (χ1) is 40.7. The molecular weight excluding hydrogens is 1160 g/mol. The second-order valence-electron chi connectivity index (χ2n) is 22.6. The predicted molar refractivity (Wildman–Crippen MR) is 309 cm³/mol. The molecular formula is C56H80N10O18S2. The molecule has 0 spiro atoms. The van der Waals surface area contributed by atoms with Gasteiger partial charge in [-0.1, -0.05) is 34.1 Å². The number of hydrogen-bond donors (Lipinski definition) is 12. The Labute approximate surface area is 503 Å². The summed E-state index contributed by atoms with van der Waals surface area (Å²) in [6.45, 7) is 4.28. The van der Waals surface area contributed by atoms with Crippen LogP contribution in [0.2, 0.25) is 0 Å². The highest BCUT2D eigenvalue weighted by Crippen LogP contribution is 2.39. The molecule has 28 nitrogen and oxygen atoms in total. The Balaban J connectivity index is 1.46. The van der Waals surface area contributed by atoms with E-state index in [2.05, 4.69) is 36.9 Å². The fraction of sp³-hybridized carbons (Fsp3) is 0.643. The van der Waals surface area contributed by atoms with E-state index in [0.717, 1.165) is 4.90 Å². The van der Waals surface area contributed by atoms with E-state index in [-0.39, 0.29) is 46.9 Å². The van der Waals surface area contributed by atoms with Crippen LogP contribution in [0.4, 0.5) is 0 Å². The number of amides is 9. The Morgan fingerprint density at radius 2 is 1.62 bits per heavy atom. The van der Waals surface area contributed by atoms with Gasteiger partial charge in [-0.05, 0) is 42.9 Å². The smallest absolute Gasteiger partial charge is 0.306 e. The zero-order chi connectivity index (χ0) is 63.3. The summed E-state index contributed by atoms with van der Waals surface area (Å²) in [4.78, 5) is 170. The molecule has 13 N–H and O–H groups in total. The monoisotopic (exact) mass is 1240 g/mol. The number of aliphatic carboxylic acids is 1. The van der Waals surface area contributed by atoms with Gasteiger partial charge in [0.15, 0.2) is 11.6 Å². The van der Waals surface area contributed by atoms with Crippen molar-refractivity contribution in [1.29, 1.82) is 0 Å². The average Bonchev–Trinajstić information content (AvgIpc) is 1.97. The highest BCUT2D eigenvalue weighted by Gasteiger charge is 2.45. The largest absolute Gasteiger partial charge is 0.496 e. The highest BCUT2D eigenvalue weighted by atomic mass is 32.2. The first kappa shape index (κ1) is 68.1. The van der Waals surface area contributed by atoms with Crippen molar-refractivity contribution in [2.24, 2.45) is 35.3 Å². The maximum atomic E-state index is 15.4. The summed E-state index contributed by atoms with van der Waals surface area (Å²) in [6, 6.07) is -3.73. The number of benzene rings is 1. The molecule has 2 unspecified atom stereocenters. The minimum atomic E-state index is -2.43. The Morgan fingerprint density at radius 3 is 2.27 bits per heavy atom. The maximum Gasteiger partial charge on any atom is 0.306 e. The summed E-state index contributed by atoms with van der Waals surface area (Å²) < 4.78 is 21.3. The number of fused-ring (bicyclic) bond motifs is 5. The normalized spacial score (nSPS) is 26.0. The van der Waals surface area contributed by atoms with E-state index in [0.29, 0.717) is 54.6 Å². The number of likely N-dealkylation sites (tertiary alicyclic amines) is 1. The van der Waals surface area contributed by atoms with Gasteiger partial charge in [0.2, 0.25) is 53.2 Å². The molecule has 4 aliphatic rings. The number of Topliss-reactive ketones (excluding diaryl/α,β-unsaturated/α-hetero) is 2. The van der Waals surface area contributed by atoms with Crippen molar-refractivity contribution in [2.75, 3.05) is 58.7 Å². The van der Waals surface area contributed by atoms with Crippen molar-refractivity contribution >= 4 is 104 Å². The lowest BCUT2D eigenvalue weighted by Crippen LogP contribution is -2.60. The van der Waals surface area contributed by atoms with Gasteiger partial charge in [0.05, 0.1) is 79.5 Å². The van der Waals surface area contributed by atoms with E-state index >= 15 is 9.00 Å². The molecule has 2 saturated heterocycles. The number of rotatable bonds is 17. The van der Waals surface area contributed by atoms with Crippen LogP contribution in [-0.4, -0.2) is 210 Å². The van der Waals surface area contributed by atoms with Crippen LogP contribution in [0.5, 0.6) is 5.75 Å². The zero-order valence-electron chi connectivity index (χ0n) is 48.8. The number of nitrogens with zero attached hydrogens (tertiary/aromatic N) is 2. The summed E-state index contributed by atoms with van der Waals surface area (Å²) in [6.07, 6.45) is -4.54. The Bertz CT molecular complexity index is 2930. The Hall–Kier alpha value is -7.02. The third-order valence-corrected chi connectivity index (χ3v) is 19.3. The van der Waals surface area contributed by atoms with Gasteiger partial charge >= 0.3 is 5.97 Å². The number of carboxylic acid groups (broad SMARTS) is 1. The number of aromatic amines is 1. The fourth-order valence-corrected chi connectivity index (χ4v) is 13.7. The number of methoxy groups -OCH3 is 1. The van der Waals surface area contributed by atoms with Crippen molar-refractivity contribution in [3.63, 3.8) is 0 Å². The number of aliphatic hydroxyl groups excluding tert-OH is 3. The number of primary amides is 1. The van der Waals surface area contributed by atoms with Crippen LogP contribution in [0.1, 0.15) is 96.6 Å². The topological polar surface area (TPSA) is 433 Å². The lowest BCUT2D eigenvalue weighted by molar-refractivity contribution is -0.144. The molecule has 1 aromatic carbocycles. The Kier molecular flexibility index (Phi) is 24.6. The lowest BCUT2D eigenvalue weighted by Gasteiger charge is -2.32. The van der Waals surface area contributed by atoms with Crippen LogP contribution in [0.25, 0.3) is 10.9 Å². The van der Waals surface area contributed by atoms with Gasteiger partial charge in [0.1, 0.15) is 28.9 Å². The van der Waals surface area contributed by atoms with Gasteiger partial charge in [-0.15, -0.1) is 0 Å². The van der Waals surface area contributed by atoms with Crippen LogP contribution < -0.4 is 42.4 Å². The van der Waals surface area contributed by atoms with E-state index in [4.69, 9.17) is 15.6 Å². The number of ether oxygens (including phenoxy) is 1. The number of H-pyrrole nitrogens is 1. The van der Waals surface area contributed by atoms with Gasteiger partial charge in [-0.3, -0.25) is 61.7 Å². The molecule has 5 heterocycles. The first-order valence-corrected chi connectivity index (χ1v) is 31.1. The van der Waals surface area contributed by atoms with E-state index < -0.39 is 206 Å². The molecule has 30 heteroatoms. The molecule has 0 saturated carbocycles. The SMILES string of the molecule is CC[C@H](C)[C@@H]1CC(=O)CNC(=O)[C@H]2CC(=O)[C@H]([C@@H](C)[C@@H](O)CO)NC(=O)[C@@H]3C[C@@H](O)CN3C(=O)[C@H](CC(N)=O)NC(=O)[C@H](CS(=O)c3[nH]c4c(CSC5CCN(C(=O)CCNC(=O)CC(C)C(=O)O)CC5)c(OC)ccc4c3C2)NC(=O)CNC1=O. The van der Waals surface area contributed by atoms with E-state index in [9.17, 15) is 68.1 Å². The van der Waals surface area contributed by atoms with Gasteiger partial charge in [-0.25, -0.2) is 0 Å². The van der Waals surface area contributed by atoms with Crippen LogP contribution >= 0.6 is 11.8 Å². The predicted octanol–water partition coefficient (Wildman–Crippen LogP) is -2.59. The molecule has 9 amide bonds. The van der Waals surface area contributed by atoms with Gasteiger partial charge in [0, 0.05) is 98.0 Å². The maximum absolute atomic E-state index is 15.4.